The minimum absolute atomic E-state index is 0. The van der Waals surface area contributed by atoms with Gasteiger partial charge in [0.2, 0.25) is 5.91 Å². The first kappa shape index (κ1) is 20.3. The standard InChI is InChI=1S/C16H21F2N3O2.ClH/c17-12-2-3-13(14(18)10-12)16(23)21-8-4-11(5-9-21)15(22)20-7-1-6-19;/h2-3,10-11H,1,4-9,19H2,(H,20,22);1H. The van der Waals surface area contributed by atoms with E-state index in [1.807, 2.05) is 0 Å². The topological polar surface area (TPSA) is 75.4 Å². The number of carbonyl (C=O) groups is 2. The molecule has 1 aromatic carbocycles. The molecule has 3 N–H and O–H groups in total. The van der Waals surface area contributed by atoms with Crippen LogP contribution in [-0.2, 0) is 4.79 Å². The maximum Gasteiger partial charge on any atom is 0.256 e. The van der Waals surface area contributed by atoms with Crippen LogP contribution >= 0.6 is 12.4 Å². The molecule has 1 saturated heterocycles. The van der Waals surface area contributed by atoms with Crippen LogP contribution < -0.4 is 11.1 Å². The van der Waals surface area contributed by atoms with Gasteiger partial charge in [0.05, 0.1) is 5.56 Å². The third-order valence-corrected chi connectivity index (χ3v) is 3.99. The molecule has 0 saturated carbocycles. The summed E-state index contributed by atoms with van der Waals surface area (Å²) in [5.74, 6) is -2.22. The summed E-state index contributed by atoms with van der Waals surface area (Å²) in [6.07, 6.45) is 1.79. The first-order chi connectivity index (χ1) is 11.0. The van der Waals surface area contributed by atoms with Crippen molar-refractivity contribution >= 4 is 24.2 Å². The fraction of sp³-hybridized carbons (Fsp3) is 0.500. The maximum absolute atomic E-state index is 13.7. The second kappa shape index (κ2) is 9.54. The third kappa shape index (κ3) is 5.14. The smallest absolute Gasteiger partial charge is 0.256 e. The van der Waals surface area contributed by atoms with Gasteiger partial charge in [0, 0.05) is 31.6 Å². The molecular formula is C16H22ClF2N3O2. The molecule has 0 radical (unpaired) electrons. The number of nitrogens with zero attached hydrogens (tertiary/aromatic N) is 1. The SMILES string of the molecule is Cl.NCCCNC(=O)C1CCN(C(=O)c2ccc(F)cc2F)CC1. The fourth-order valence-corrected chi connectivity index (χ4v) is 2.64. The molecule has 0 bridgehead atoms. The quantitative estimate of drug-likeness (QED) is 0.784. The van der Waals surface area contributed by atoms with Crippen LogP contribution in [0.2, 0.25) is 0 Å². The molecule has 1 heterocycles. The van der Waals surface area contributed by atoms with Crippen molar-refractivity contribution in [3.8, 4) is 0 Å². The number of halogens is 3. The van der Waals surface area contributed by atoms with Gasteiger partial charge in [0.1, 0.15) is 11.6 Å². The summed E-state index contributed by atoms with van der Waals surface area (Å²) in [6, 6.07) is 2.91. The van der Waals surface area contributed by atoms with Crippen LogP contribution in [0.3, 0.4) is 0 Å². The lowest BCUT2D eigenvalue weighted by Crippen LogP contribution is -2.43. The Balaban J connectivity index is 0.00000288. The number of nitrogens with one attached hydrogen (secondary N) is 1. The number of rotatable bonds is 5. The van der Waals surface area contributed by atoms with E-state index in [4.69, 9.17) is 5.73 Å². The van der Waals surface area contributed by atoms with Gasteiger partial charge >= 0.3 is 0 Å². The predicted octanol–water partition coefficient (Wildman–Crippen LogP) is 1.70. The summed E-state index contributed by atoms with van der Waals surface area (Å²) < 4.78 is 26.6. The van der Waals surface area contributed by atoms with Gasteiger partial charge in [-0.25, -0.2) is 8.78 Å². The highest BCUT2D eigenvalue weighted by Crippen LogP contribution is 2.20. The average molecular weight is 362 g/mol. The number of hydrogen-bond acceptors (Lipinski definition) is 3. The van der Waals surface area contributed by atoms with Gasteiger partial charge in [-0.05, 0) is 37.9 Å². The van der Waals surface area contributed by atoms with E-state index in [-0.39, 0.29) is 29.8 Å². The predicted molar refractivity (Wildman–Crippen MR) is 88.9 cm³/mol. The number of nitrogens with two attached hydrogens (primary N) is 1. The molecule has 24 heavy (non-hydrogen) atoms. The molecule has 8 heteroatoms. The Morgan fingerprint density at radius 1 is 1.25 bits per heavy atom. The van der Waals surface area contributed by atoms with Gasteiger partial charge in [-0.15, -0.1) is 12.4 Å². The summed E-state index contributed by atoms with van der Waals surface area (Å²) in [6.45, 7) is 1.83. The van der Waals surface area contributed by atoms with Crippen LogP contribution in [0, 0.1) is 17.6 Å². The van der Waals surface area contributed by atoms with E-state index in [1.165, 1.54) is 4.90 Å². The van der Waals surface area contributed by atoms with Crippen LogP contribution in [0.15, 0.2) is 18.2 Å². The first-order valence-electron chi connectivity index (χ1n) is 7.75. The zero-order valence-electron chi connectivity index (χ0n) is 13.3. The van der Waals surface area contributed by atoms with Crippen molar-refractivity contribution in [3.05, 3.63) is 35.4 Å². The van der Waals surface area contributed by atoms with Crippen LogP contribution in [0.5, 0.6) is 0 Å². The number of likely N-dealkylation sites (tertiary alicyclic amines) is 1. The lowest BCUT2D eigenvalue weighted by atomic mass is 9.95. The number of amides is 2. The molecule has 0 unspecified atom stereocenters. The summed E-state index contributed by atoms with van der Waals surface area (Å²) in [5, 5.41) is 2.82. The Labute approximate surface area is 146 Å². The van der Waals surface area contributed by atoms with Crippen molar-refractivity contribution in [1.82, 2.24) is 10.2 Å². The molecule has 1 aromatic rings. The summed E-state index contributed by atoms with van der Waals surface area (Å²) in [7, 11) is 0. The van der Waals surface area contributed by atoms with Crippen molar-refractivity contribution in [1.29, 1.82) is 0 Å². The summed E-state index contributed by atoms with van der Waals surface area (Å²) in [5.41, 5.74) is 5.23. The Bertz CT molecular complexity index is 578. The van der Waals surface area contributed by atoms with Crippen molar-refractivity contribution in [2.75, 3.05) is 26.2 Å². The number of hydrogen-bond donors (Lipinski definition) is 2. The Hall–Kier alpha value is -1.73. The normalized spacial score (nSPS) is 14.9. The van der Waals surface area contributed by atoms with Gasteiger partial charge < -0.3 is 16.0 Å². The molecule has 1 aliphatic rings. The minimum atomic E-state index is -0.864. The number of piperidine rings is 1. The van der Waals surface area contributed by atoms with Gasteiger partial charge in [0.15, 0.2) is 0 Å². The molecule has 1 fully saturated rings. The minimum Gasteiger partial charge on any atom is -0.356 e. The number of benzene rings is 1. The van der Waals surface area contributed by atoms with Crippen molar-refractivity contribution in [2.45, 2.75) is 19.3 Å². The van der Waals surface area contributed by atoms with E-state index in [2.05, 4.69) is 5.32 Å². The molecule has 0 aliphatic carbocycles. The first-order valence-corrected chi connectivity index (χ1v) is 7.75. The summed E-state index contributed by atoms with van der Waals surface area (Å²) in [4.78, 5) is 25.7. The van der Waals surface area contributed by atoms with Crippen molar-refractivity contribution in [3.63, 3.8) is 0 Å². The molecule has 1 aliphatic heterocycles. The van der Waals surface area contributed by atoms with Gasteiger partial charge in [0.25, 0.3) is 5.91 Å². The molecular weight excluding hydrogens is 340 g/mol. The van der Waals surface area contributed by atoms with Crippen molar-refractivity contribution < 1.29 is 18.4 Å². The molecule has 2 rings (SSSR count). The van der Waals surface area contributed by atoms with Gasteiger partial charge in [-0.3, -0.25) is 9.59 Å². The molecule has 0 atom stereocenters. The molecule has 0 aromatic heterocycles. The van der Waals surface area contributed by atoms with Crippen LogP contribution in [0.1, 0.15) is 29.6 Å². The van der Waals surface area contributed by atoms with E-state index in [9.17, 15) is 18.4 Å². The highest BCUT2D eigenvalue weighted by molar-refractivity contribution is 5.94. The van der Waals surface area contributed by atoms with E-state index < -0.39 is 17.5 Å². The Kier molecular flexibility index (Phi) is 8.07. The zero-order chi connectivity index (χ0) is 16.8. The second-order valence-electron chi connectivity index (χ2n) is 5.62. The fourth-order valence-electron chi connectivity index (χ4n) is 2.64. The number of carbonyl (C=O) groups excluding carboxylic acids is 2. The molecule has 2 amide bonds. The highest BCUT2D eigenvalue weighted by atomic mass is 35.5. The molecule has 134 valence electrons. The summed E-state index contributed by atoms with van der Waals surface area (Å²) >= 11 is 0. The van der Waals surface area contributed by atoms with Crippen molar-refractivity contribution in [2.24, 2.45) is 11.7 Å². The third-order valence-electron chi connectivity index (χ3n) is 3.99. The molecule has 5 nitrogen and oxygen atoms in total. The lowest BCUT2D eigenvalue weighted by Gasteiger charge is -2.31. The van der Waals surface area contributed by atoms with E-state index in [1.54, 1.807) is 0 Å². The maximum atomic E-state index is 13.7. The largest absolute Gasteiger partial charge is 0.356 e. The zero-order valence-corrected chi connectivity index (χ0v) is 14.1. The monoisotopic (exact) mass is 361 g/mol. The molecule has 0 spiro atoms. The van der Waals surface area contributed by atoms with E-state index >= 15 is 0 Å². The highest BCUT2D eigenvalue weighted by Gasteiger charge is 2.28. The lowest BCUT2D eigenvalue weighted by molar-refractivity contribution is -0.126. The van der Waals surface area contributed by atoms with Gasteiger partial charge in [-0.1, -0.05) is 0 Å². The van der Waals surface area contributed by atoms with E-state index in [0.717, 1.165) is 18.6 Å². The average Bonchev–Trinajstić information content (AvgIpc) is 2.54. The Morgan fingerprint density at radius 2 is 1.92 bits per heavy atom. The Morgan fingerprint density at radius 3 is 2.50 bits per heavy atom. The van der Waals surface area contributed by atoms with Crippen LogP contribution in [0.4, 0.5) is 8.78 Å². The second-order valence-corrected chi connectivity index (χ2v) is 5.62. The van der Waals surface area contributed by atoms with Gasteiger partial charge in [-0.2, -0.15) is 0 Å². The van der Waals surface area contributed by atoms with Crippen LogP contribution in [0.25, 0.3) is 0 Å². The van der Waals surface area contributed by atoms with Crippen LogP contribution in [-0.4, -0.2) is 42.9 Å². The van der Waals surface area contributed by atoms with E-state index in [0.29, 0.717) is 45.1 Å².